The highest BCUT2D eigenvalue weighted by Gasteiger charge is 2.24. The van der Waals surface area contributed by atoms with Gasteiger partial charge in [0.1, 0.15) is 4.90 Å². The summed E-state index contributed by atoms with van der Waals surface area (Å²) in [6.45, 7) is 1.06. The zero-order valence-electron chi connectivity index (χ0n) is 9.84. The SMILES string of the molecule is COCCN(CCBr)S(=O)(=O)c1cncc(Br)c1. The maximum absolute atomic E-state index is 12.4. The topological polar surface area (TPSA) is 59.5 Å². The summed E-state index contributed by atoms with van der Waals surface area (Å²) < 4.78 is 31.7. The molecule has 5 nitrogen and oxygen atoms in total. The Labute approximate surface area is 124 Å². The van der Waals surface area contributed by atoms with E-state index in [0.717, 1.165) is 0 Å². The van der Waals surface area contributed by atoms with Gasteiger partial charge >= 0.3 is 0 Å². The number of hydrogen-bond acceptors (Lipinski definition) is 4. The number of hydrogen-bond donors (Lipinski definition) is 0. The Kier molecular flexibility index (Phi) is 6.72. The van der Waals surface area contributed by atoms with E-state index in [1.807, 2.05) is 0 Å². The molecule has 0 spiro atoms. The molecule has 1 aromatic heterocycles. The van der Waals surface area contributed by atoms with Gasteiger partial charge in [0.25, 0.3) is 0 Å². The number of halogens is 2. The van der Waals surface area contributed by atoms with Crippen LogP contribution >= 0.6 is 31.9 Å². The number of aromatic nitrogens is 1. The lowest BCUT2D eigenvalue weighted by Crippen LogP contribution is -2.35. The molecular formula is C10H14Br2N2O3S. The minimum Gasteiger partial charge on any atom is -0.383 e. The molecule has 0 unspecified atom stereocenters. The summed E-state index contributed by atoms with van der Waals surface area (Å²) in [6.07, 6.45) is 2.89. The van der Waals surface area contributed by atoms with Gasteiger partial charge in [0.05, 0.1) is 6.61 Å². The van der Waals surface area contributed by atoms with E-state index in [9.17, 15) is 8.42 Å². The van der Waals surface area contributed by atoms with Crippen LogP contribution in [0.3, 0.4) is 0 Å². The smallest absolute Gasteiger partial charge is 0.244 e. The Morgan fingerprint density at radius 2 is 2.11 bits per heavy atom. The largest absolute Gasteiger partial charge is 0.383 e. The molecule has 0 amide bonds. The predicted octanol–water partition coefficient (Wildman–Crippen LogP) is 1.88. The maximum Gasteiger partial charge on any atom is 0.244 e. The highest BCUT2D eigenvalue weighted by atomic mass is 79.9. The second-order valence-corrected chi connectivity index (χ2v) is 7.07. The average molecular weight is 402 g/mol. The number of ether oxygens (including phenoxy) is 1. The molecule has 1 heterocycles. The number of alkyl halides is 1. The van der Waals surface area contributed by atoms with Crippen molar-refractivity contribution in [2.75, 3.05) is 32.1 Å². The van der Waals surface area contributed by atoms with Crippen LogP contribution in [0.4, 0.5) is 0 Å². The van der Waals surface area contributed by atoms with E-state index in [4.69, 9.17) is 4.74 Å². The molecule has 0 N–H and O–H groups in total. The number of nitrogens with zero attached hydrogens (tertiary/aromatic N) is 2. The van der Waals surface area contributed by atoms with Gasteiger partial charge in [-0.1, -0.05) is 15.9 Å². The van der Waals surface area contributed by atoms with E-state index in [0.29, 0.717) is 29.5 Å². The van der Waals surface area contributed by atoms with E-state index in [-0.39, 0.29) is 4.90 Å². The van der Waals surface area contributed by atoms with E-state index in [1.54, 1.807) is 13.3 Å². The van der Waals surface area contributed by atoms with Gasteiger partial charge in [-0.2, -0.15) is 4.31 Å². The van der Waals surface area contributed by atoms with Gasteiger partial charge in [0, 0.05) is 42.4 Å². The molecule has 0 bridgehead atoms. The zero-order chi connectivity index (χ0) is 13.6. The number of pyridine rings is 1. The highest BCUT2D eigenvalue weighted by molar-refractivity contribution is 9.10. The van der Waals surface area contributed by atoms with Crippen LogP contribution in [0.15, 0.2) is 27.8 Å². The monoisotopic (exact) mass is 400 g/mol. The first kappa shape index (κ1) is 16.0. The van der Waals surface area contributed by atoms with Crippen molar-refractivity contribution in [2.24, 2.45) is 0 Å². The first-order valence-corrected chi connectivity index (χ1v) is 8.53. The van der Waals surface area contributed by atoms with Crippen LogP contribution in [-0.4, -0.2) is 49.8 Å². The summed E-state index contributed by atoms with van der Waals surface area (Å²) in [7, 11) is -1.99. The molecule has 1 aromatic rings. The van der Waals surface area contributed by atoms with Crippen LogP contribution in [0, 0.1) is 0 Å². The molecule has 102 valence electrons. The Hall–Kier alpha value is -0.0200. The Morgan fingerprint density at radius 1 is 1.39 bits per heavy atom. The maximum atomic E-state index is 12.4. The highest BCUT2D eigenvalue weighted by Crippen LogP contribution is 2.18. The van der Waals surface area contributed by atoms with Crippen LogP contribution in [-0.2, 0) is 14.8 Å². The minimum atomic E-state index is -3.53. The van der Waals surface area contributed by atoms with Gasteiger partial charge in [-0.3, -0.25) is 4.98 Å². The summed E-state index contributed by atoms with van der Waals surface area (Å²) in [6, 6.07) is 1.54. The molecule has 0 saturated heterocycles. The summed E-state index contributed by atoms with van der Waals surface area (Å²) in [4.78, 5) is 4.05. The van der Waals surface area contributed by atoms with Gasteiger partial charge < -0.3 is 4.74 Å². The standard InChI is InChI=1S/C10H14Br2N2O3S/c1-17-5-4-14(3-2-11)18(15,16)10-6-9(12)7-13-8-10/h6-8H,2-5H2,1H3. The lowest BCUT2D eigenvalue weighted by atomic mass is 10.5. The zero-order valence-corrected chi connectivity index (χ0v) is 13.8. The quantitative estimate of drug-likeness (QED) is 0.654. The van der Waals surface area contributed by atoms with E-state index < -0.39 is 10.0 Å². The van der Waals surface area contributed by atoms with Crippen LogP contribution in [0.2, 0.25) is 0 Å². The van der Waals surface area contributed by atoms with Crippen LogP contribution in [0.5, 0.6) is 0 Å². The molecule has 18 heavy (non-hydrogen) atoms. The Bertz CT molecular complexity index is 482. The molecule has 0 saturated carbocycles. The second-order valence-electron chi connectivity index (χ2n) is 3.42. The molecule has 8 heteroatoms. The van der Waals surface area contributed by atoms with Gasteiger partial charge in [-0.15, -0.1) is 0 Å². The number of methoxy groups -OCH3 is 1. The Morgan fingerprint density at radius 3 is 2.67 bits per heavy atom. The van der Waals surface area contributed by atoms with Crippen molar-refractivity contribution in [1.29, 1.82) is 0 Å². The fourth-order valence-electron chi connectivity index (χ4n) is 1.32. The van der Waals surface area contributed by atoms with Crippen molar-refractivity contribution in [3.63, 3.8) is 0 Å². The van der Waals surface area contributed by atoms with Crippen LogP contribution in [0.25, 0.3) is 0 Å². The first-order chi connectivity index (χ1) is 8.52. The fraction of sp³-hybridized carbons (Fsp3) is 0.500. The molecular weight excluding hydrogens is 388 g/mol. The van der Waals surface area contributed by atoms with E-state index in [1.165, 1.54) is 16.6 Å². The molecule has 0 aliphatic rings. The molecule has 0 fully saturated rings. The number of rotatable bonds is 7. The van der Waals surface area contributed by atoms with Gasteiger partial charge in [0.15, 0.2) is 0 Å². The van der Waals surface area contributed by atoms with Gasteiger partial charge in [-0.05, 0) is 22.0 Å². The van der Waals surface area contributed by atoms with Crippen molar-refractivity contribution in [3.05, 3.63) is 22.9 Å². The summed E-state index contributed by atoms with van der Waals surface area (Å²) in [5.74, 6) is 0. The van der Waals surface area contributed by atoms with E-state index >= 15 is 0 Å². The normalized spacial score (nSPS) is 12.0. The van der Waals surface area contributed by atoms with Crippen molar-refractivity contribution in [2.45, 2.75) is 4.90 Å². The van der Waals surface area contributed by atoms with Crippen LogP contribution < -0.4 is 0 Å². The third-order valence-corrected chi connectivity index (χ3v) is 4.85. The third kappa shape index (κ3) is 4.27. The molecule has 0 aliphatic heterocycles. The van der Waals surface area contributed by atoms with Gasteiger partial charge in [-0.25, -0.2) is 8.42 Å². The predicted molar refractivity (Wildman–Crippen MR) is 76.4 cm³/mol. The minimum absolute atomic E-state index is 0.175. The second kappa shape index (κ2) is 7.54. The van der Waals surface area contributed by atoms with E-state index in [2.05, 4.69) is 36.8 Å². The summed E-state index contributed by atoms with van der Waals surface area (Å²) in [5, 5.41) is 0.567. The molecule has 0 aliphatic carbocycles. The van der Waals surface area contributed by atoms with Crippen molar-refractivity contribution in [3.8, 4) is 0 Å². The molecule has 0 atom stereocenters. The first-order valence-electron chi connectivity index (χ1n) is 5.18. The summed E-state index contributed by atoms with van der Waals surface area (Å²) >= 11 is 6.47. The number of sulfonamides is 1. The Balaban J connectivity index is 3.00. The third-order valence-electron chi connectivity index (χ3n) is 2.20. The van der Waals surface area contributed by atoms with Crippen molar-refractivity contribution >= 4 is 41.9 Å². The summed E-state index contributed by atoms with van der Waals surface area (Å²) in [5.41, 5.74) is 0. The van der Waals surface area contributed by atoms with Crippen molar-refractivity contribution < 1.29 is 13.2 Å². The van der Waals surface area contributed by atoms with Crippen LogP contribution in [0.1, 0.15) is 0 Å². The fourth-order valence-corrected chi connectivity index (χ4v) is 3.92. The lowest BCUT2D eigenvalue weighted by Gasteiger charge is -2.20. The molecule has 0 radical (unpaired) electrons. The van der Waals surface area contributed by atoms with Crippen molar-refractivity contribution in [1.82, 2.24) is 9.29 Å². The average Bonchev–Trinajstić information content (AvgIpc) is 2.34. The van der Waals surface area contributed by atoms with Gasteiger partial charge in [0.2, 0.25) is 10.0 Å². The molecule has 0 aromatic carbocycles. The molecule has 1 rings (SSSR count). The lowest BCUT2D eigenvalue weighted by molar-refractivity contribution is 0.180.